The van der Waals surface area contributed by atoms with E-state index in [0.29, 0.717) is 57.1 Å². The second-order valence-corrected chi connectivity index (χ2v) is 9.01. The zero-order valence-corrected chi connectivity index (χ0v) is 20.0. The average Bonchev–Trinajstić information content (AvgIpc) is 3.49. The van der Waals surface area contributed by atoms with Crippen molar-refractivity contribution in [1.82, 2.24) is 14.3 Å². The van der Waals surface area contributed by atoms with Gasteiger partial charge in [-0.05, 0) is 42.3 Å². The van der Waals surface area contributed by atoms with Gasteiger partial charge < -0.3 is 28.2 Å². The second kappa shape index (κ2) is 9.27. The zero-order chi connectivity index (χ0) is 23.7. The predicted octanol–water partition coefficient (Wildman–Crippen LogP) is 3.55. The molecule has 2 aliphatic rings. The van der Waals surface area contributed by atoms with Crippen LogP contribution in [-0.4, -0.2) is 66.5 Å². The van der Waals surface area contributed by atoms with Crippen LogP contribution in [0.25, 0.3) is 5.65 Å². The maximum absolute atomic E-state index is 13.5. The molecule has 8 heteroatoms. The molecule has 2 fully saturated rings. The SMILES string of the molecule is COc1cc(OC)cc(C(CC(=O)N2CCC3(CC2)OCCO3)c2cnc3cc(C)ccn23)c1. The van der Waals surface area contributed by atoms with Crippen LogP contribution >= 0.6 is 0 Å². The number of rotatable bonds is 6. The molecule has 0 saturated carbocycles. The van der Waals surface area contributed by atoms with Gasteiger partial charge in [0.05, 0.1) is 33.1 Å². The molecule has 2 aromatic heterocycles. The molecule has 34 heavy (non-hydrogen) atoms. The Morgan fingerprint density at radius 3 is 2.41 bits per heavy atom. The molecule has 0 aliphatic carbocycles. The Bertz CT molecular complexity index is 1150. The van der Waals surface area contributed by atoms with Crippen LogP contribution in [0.15, 0.2) is 42.7 Å². The van der Waals surface area contributed by atoms with E-state index in [0.717, 1.165) is 22.5 Å². The first kappa shape index (κ1) is 22.7. The summed E-state index contributed by atoms with van der Waals surface area (Å²) < 4.78 is 24.7. The fraction of sp³-hybridized carbons (Fsp3) is 0.462. The van der Waals surface area contributed by atoms with Crippen molar-refractivity contribution >= 4 is 11.6 Å². The Hall–Kier alpha value is -3.10. The number of carbonyl (C=O) groups excluding carboxylic acids is 1. The van der Waals surface area contributed by atoms with Crippen molar-refractivity contribution in [3.8, 4) is 11.5 Å². The molecular formula is C26H31N3O5. The van der Waals surface area contributed by atoms with Gasteiger partial charge in [0.15, 0.2) is 5.79 Å². The number of methoxy groups -OCH3 is 2. The summed E-state index contributed by atoms with van der Waals surface area (Å²) in [7, 11) is 3.26. The summed E-state index contributed by atoms with van der Waals surface area (Å²) in [6, 6.07) is 9.87. The van der Waals surface area contributed by atoms with E-state index in [-0.39, 0.29) is 11.8 Å². The highest BCUT2D eigenvalue weighted by Crippen LogP contribution is 2.36. The number of aromatic nitrogens is 2. The number of aryl methyl sites for hydroxylation is 1. The van der Waals surface area contributed by atoms with Crippen LogP contribution < -0.4 is 9.47 Å². The molecule has 2 aliphatic heterocycles. The molecule has 1 atom stereocenters. The predicted molar refractivity (Wildman–Crippen MR) is 126 cm³/mol. The van der Waals surface area contributed by atoms with E-state index in [1.807, 2.05) is 48.5 Å². The van der Waals surface area contributed by atoms with Gasteiger partial charge in [0.25, 0.3) is 0 Å². The van der Waals surface area contributed by atoms with Gasteiger partial charge in [0.1, 0.15) is 17.1 Å². The molecule has 1 aromatic carbocycles. The van der Waals surface area contributed by atoms with E-state index < -0.39 is 5.79 Å². The third kappa shape index (κ3) is 4.35. The molecule has 4 heterocycles. The molecule has 1 spiro atoms. The normalized spacial score (nSPS) is 18.4. The highest BCUT2D eigenvalue weighted by molar-refractivity contribution is 5.78. The van der Waals surface area contributed by atoms with Gasteiger partial charge in [0, 0.05) is 56.7 Å². The van der Waals surface area contributed by atoms with Crippen LogP contribution in [0.4, 0.5) is 0 Å². The first-order valence-corrected chi connectivity index (χ1v) is 11.7. The molecule has 5 rings (SSSR count). The summed E-state index contributed by atoms with van der Waals surface area (Å²) in [5.41, 5.74) is 3.90. The van der Waals surface area contributed by atoms with Crippen LogP contribution in [0.2, 0.25) is 0 Å². The monoisotopic (exact) mass is 465 g/mol. The second-order valence-electron chi connectivity index (χ2n) is 9.01. The van der Waals surface area contributed by atoms with Gasteiger partial charge in [-0.2, -0.15) is 0 Å². The zero-order valence-electron chi connectivity index (χ0n) is 20.0. The Morgan fingerprint density at radius 2 is 1.76 bits per heavy atom. The maximum Gasteiger partial charge on any atom is 0.223 e. The van der Waals surface area contributed by atoms with Crippen LogP contribution in [-0.2, 0) is 14.3 Å². The number of imidazole rings is 1. The summed E-state index contributed by atoms with van der Waals surface area (Å²) in [5, 5.41) is 0. The number of piperidine rings is 1. The standard InChI is InChI=1S/C26H31N3O5/c1-18-4-7-29-23(17-27-24(29)12-18)22(19-13-20(31-2)15-21(14-19)32-3)16-25(30)28-8-5-26(6-9-28)33-10-11-34-26/h4,7,12-15,17,22H,5-6,8-11,16H2,1-3H3. The molecular weight excluding hydrogens is 434 g/mol. The van der Waals surface area contributed by atoms with Gasteiger partial charge in [-0.25, -0.2) is 4.98 Å². The van der Waals surface area contributed by atoms with Crippen molar-refractivity contribution in [2.45, 2.75) is 37.9 Å². The minimum atomic E-state index is -0.504. The summed E-state index contributed by atoms with van der Waals surface area (Å²) in [6.07, 6.45) is 5.59. The number of fused-ring (bicyclic) bond motifs is 1. The minimum Gasteiger partial charge on any atom is -0.497 e. The lowest BCUT2D eigenvalue weighted by atomic mass is 9.91. The van der Waals surface area contributed by atoms with Gasteiger partial charge >= 0.3 is 0 Å². The number of benzene rings is 1. The number of likely N-dealkylation sites (tertiary alicyclic amines) is 1. The van der Waals surface area contributed by atoms with E-state index in [2.05, 4.69) is 15.5 Å². The fourth-order valence-electron chi connectivity index (χ4n) is 4.97. The lowest BCUT2D eigenvalue weighted by Gasteiger charge is -2.38. The summed E-state index contributed by atoms with van der Waals surface area (Å²) >= 11 is 0. The van der Waals surface area contributed by atoms with Gasteiger partial charge in [-0.3, -0.25) is 4.79 Å². The van der Waals surface area contributed by atoms with E-state index in [1.54, 1.807) is 14.2 Å². The maximum atomic E-state index is 13.5. The lowest BCUT2D eigenvalue weighted by Crippen LogP contribution is -2.47. The molecule has 0 N–H and O–H groups in total. The minimum absolute atomic E-state index is 0.0988. The lowest BCUT2D eigenvalue weighted by molar-refractivity contribution is -0.187. The smallest absolute Gasteiger partial charge is 0.223 e. The van der Waals surface area contributed by atoms with Crippen LogP contribution in [0, 0.1) is 6.92 Å². The number of pyridine rings is 1. The highest BCUT2D eigenvalue weighted by atomic mass is 16.7. The summed E-state index contributed by atoms with van der Waals surface area (Å²) in [5.74, 6) is 0.750. The molecule has 8 nitrogen and oxygen atoms in total. The molecule has 3 aromatic rings. The van der Waals surface area contributed by atoms with E-state index >= 15 is 0 Å². The Morgan fingerprint density at radius 1 is 1.09 bits per heavy atom. The first-order valence-electron chi connectivity index (χ1n) is 11.7. The first-order chi connectivity index (χ1) is 16.5. The summed E-state index contributed by atoms with van der Waals surface area (Å²) in [4.78, 5) is 20.1. The highest BCUT2D eigenvalue weighted by Gasteiger charge is 2.41. The molecule has 2 saturated heterocycles. The van der Waals surface area contributed by atoms with Crippen molar-refractivity contribution in [2.24, 2.45) is 0 Å². The van der Waals surface area contributed by atoms with E-state index in [9.17, 15) is 4.79 Å². The number of ether oxygens (including phenoxy) is 4. The molecule has 0 radical (unpaired) electrons. The molecule has 0 bridgehead atoms. The van der Waals surface area contributed by atoms with Crippen LogP contribution in [0.5, 0.6) is 11.5 Å². The van der Waals surface area contributed by atoms with Crippen LogP contribution in [0.3, 0.4) is 0 Å². The van der Waals surface area contributed by atoms with Crippen molar-refractivity contribution in [1.29, 1.82) is 0 Å². The van der Waals surface area contributed by atoms with E-state index in [4.69, 9.17) is 18.9 Å². The van der Waals surface area contributed by atoms with Crippen molar-refractivity contribution < 1.29 is 23.7 Å². The number of hydrogen-bond donors (Lipinski definition) is 0. The Kier molecular flexibility index (Phi) is 6.18. The molecule has 1 amide bonds. The van der Waals surface area contributed by atoms with E-state index in [1.165, 1.54) is 0 Å². The molecule has 180 valence electrons. The van der Waals surface area contributed by atoms with Gasteiger partial charge in [0.2, 0.25) is 5.91 Å². The summed E-state index contributed by atoms with van der Waals surface area (Å²) in [6.45, 7) is 4.55. The number of carbonyl (C=O) groups is 1. The third-order valence-electron chi connectivity index (χ3n) is 6.90. The molecule has 1 unspecified atom stereocenters. The fourth-order valence-corrected chi connectivity index (χ4v) is 4.97. The number of nitrogens with zero attached hydrogens (tertiary/aromatic N) is 3. The quantitative estimate of drug-likeness (QED) is 0.554. The number of hydrogen-bond acceptors (Lipinski definition) is 6. The number of amides is 1. The van der Waals surface area contributed by atoms with Crippen molar-refractivity contribution in [3.05, 3.63) is 59.5 Å². The largest absolute Gasteiger partial charge is 0.497 e. The average molecular weight is 466 g/mol. The van der Waals surface area contributed by atoms with Gasteiger partial charge in [-0.1, -0.05) is 0 Å². The Labute approximate surface area is 199 Å². The van der Waals surface area contributed by atoms with Crippen molar-refractivity contribution in [2.75, 3.05) is 40.5 Å². The van der Waals surface area contributed by atoms with Gasteiger partial charge in [-0.15, -0.1) is 0 Å². The van der Waals surface area contributed by atoms with Crippen molar-refractivity contribution in [3.63, 3.8) is 0 Å². The third-order valence-corrected chi connectivity index (χ3v) is 6.90. The Balaban J connectivity index is 1.46. The van der Waals surface area contributed by atoms with Crippen LogP contribution in [0.1, 0.15) is 42.0 Å². The topological polar surface area (TPSA) is 74.5 Å².